The summed E-state index contributed by atoms with van der Waals surface area (Å²) in [6, 6.07) is 7.04. The number of rotatable bonds is 7. The summed E-state index contributed by atoms with van der Waals surface area (Å²) < 4.78 is 43.7. The van der Waals surface area contributed by atoms with Crippen molar-refractivity contribution in [3.8, 4) is 5.88 Å². The molecule has 2 heterocycles. The molecular formula is C26H31F3N4O5. The molecule has 1 aromatic heterocycles. The summed E-state index contributed by atoms with van der Waals surface area (Å²) in [6.07, 6.45) is -1.33. The topological polar surface area (TPSA) is 124 Å². The second kappa shape index (κ2) is 11.3. The summed E-state index contributed by atoms with van der Waals surface area (Å²) in [5.41, 5.74) is -1.41. The third kappa shape index (κ3) is 6.43. The van der Waals surface area contributed by atoms with Crippen LogP contribution in [0.2, 0.25) is 0 Å². The molecule has 4 N–H and O–H groups in total. The van der Waals surface area contributed by atoms with Gasteiger partial charge in [-0.3, -0.25) is 14.5 Å². The van der Waals surface area contributed by atoms with Gasteiger partial charge in [0, 0.05) is 42.5 Å². The highest BCUT2D eigenvalue weighted by Crippen LogP contribution is 2.39. The molecule has 2 fully saturated rings. The Bertz CT molecular complexity index is 1140. The van der Waals surface area contributed by atoms with Crippen molar-refractivity contribution in [1.82, 2.24) is 20.5 Å². The number of amides is 2. The first-order valence-corrected chi connectivity index (χ1v) is 12.4. The van der Waals surface area contributed by atoms with Gasteiger partial charge in [-0.15, -0.1) is 0 Å². The average molecular weight is 537 g/mol. The van der Waals surface area contributed by atoms with Crippen molar-refractivity contribution in [2.75, 3.05) is 26.7 Å². The molecule has 2 aromatic rings. The maximum Gasteiger partial charge on any atom is 0.416 e. The van der Waals surface area contributed by atoms with Gasteiger partial charge in [0.1, 0.15) is 0 Å². The van der Waals surface area contributed by atoms with Crippen LogP contribution in [0, 0.1) is 0 Å². The van der Waals surface area contributed by atoms with Gasteiger partial charge in [-0.2, -0.15) is 13.2 Å². The Hall–Kier alpha value is -3.22. The molecule has 1 saturated carbocycles. The van der Waals surface area contributed by atoms with Crippen LogP contribution in [0.5, 0.6) is 5.88 Å². The fourth-order valence-corrected chi connectivity index (χ4v) is 5.12. The van der Waals surface area contributed by atoms with Gasteiger partial charge in [-0.25, -0.2) is 4.98 Å². The molecule has 2 aliphatic rings. The molecule has 4 rings (SSSR count). The summed E-state index contributed by atoms with van der Waals surface area (Å²) in [5.74, 6) is -0.886. The number of methoxy groups -OCH3 is 1. The van der Waals surface area contributed by atoms with Crippen LogP contribution < -0.4 is 15.4 Å². The number of nitrogens with one attached hydrogen (secondary N) is 2. The van der Waals surface area contributed by atoms with Crippen molar-refractivity contribution in [3.63, 3.8) is 0 Å². The lowest BCUT2D eigenvalue weighted by atomic mass is 9.78. The van der Waals surface area contributed by atoms with Crippen molar-refractivity contribution in [3.05, 3.63) is 59.3 Å². The molecule has 12 heteroatoms. The summed E-state index contributed by atoms with van der Waals surface area (Å²) in [4.78, 5) is 30.9. The number of alkyl halides is 3. The number of aliphatic hydroxyl groups excluding tert-OH is 1. The quantitative estimate of drug-likeness (QED) is 0.426. The fraction of sp³-hybridized carbons (Fsp3) is 0.500. The number of carbonyl (C=O) groups excluding carboxylic acids is 2. The van der Waals surface area contributed by atoms with Gasteiger partial charge >= 0.3 is 6.18 Å². The lowest BCUT2D eigenvalue weighted by molar-refractivity contribution is -0.137. The van der Waals surface area contributed by atoms with Gasteiger partial charge in [-0.1, -0.05) is 6.07 Å². The molecule has 0 bridgehead atoms. The number of hydrogen-bond acceptors (Lipinski definition) is 7. The van der Waals surface area contributed by atoms with E-state index in [-0.39, 0.29) is 11.6 Å². The minimum atomic E-state index is -4.58. The number of carbonyl (C=O) groups is 2. The minimum absolute atomic E-state index is 0.124. The maximum atomic E-state index is 12.9. The maximum absolute atomic E-state index is 12.9. The zero-order valence-electron chi connectivity index (χ0n) is 20.9. The van der Waals surface area contributed by atoms with Gasteiger partial charge < -0.3 is 25.6 Å². The average Bonchev–Trinajstić information content (AvgIpc) is 3.27. The van der Waals surface area contributed by atoms with Gasteiger partial charge in [0.25, 0.3) is 5.91 Å². The third-order valence-electron chi connectivity index (χ3n) is 7.31. The molecule has 9 nitrogen and oxygen atoms in total. The highest BCUT2D eigenvalue weighted by molar-refractivity contribution is 5.96. The summed E-state index contributed by atoms with van der Waals surface area (Å²) in [5, 5.41) is 26.7. The summed E-state index contributed by atoms with van der Waals surface area (Å²) in [6.45, 7) is 0.320. The Labute approximate surface area is 218 Å². The second-order valence-corrected chi connectivity index (χ2v) is 9.81. The van der Waals surface area contributed by atoms with Gasteiger partial charge in [-0.05, 0) is 49.9 Å². The van der Waals surface area contributed by atoms with E-state index >= 15 is 0 Å². The number of benzene rings is 1. The molecule has 0 radical (unpaired) electrons. The molecule has 38 heavy (non-hydrogen) atoms. The molecule has 1 aromatic carbocycles. The normalized spacial score (nSPS) is 26.1. The van der Waals surface area contributed by atoms with Crippen LogP contribution >= 0.6 is 0 Å². The number of nitrogens with zero attached hydrogens (tertiary/aromatic N) is 2. The van der Waals surface area contributed by atoms with Crippen molar-refractivity contribution in [2.24, 2.45) is 0 Å². The Kier molecular flexibility index (Phi) is 8.24. The van der Waals surface area contributed by atoms with Crippen LogP contribution in [-0.2, 0) is 16.6 Å². The predicted octanol–water partition coefficient (Wildman–Crippen LogP) is 1.83. The summed E-state index contributed by atoms with van der Waals surface area (Å²) >= 11 is 0. The van der Waals surface area contributed by atoms with E-state index in [0.29, 0.717) is 44.7 Å². The fourth-order valence-electron chi connectivity index (χ4n) is 5.12. The SMILES string of the molecule is COc1ccc(C2(O)CCC(N3C[C@@H](O)[C@@H](NC(=O)CNC(=O)c4cccc(C(F)(F)F)c4)C3)CC2)cn1. The van der Waals surface area contributed by atoms with Crippen LogP contribution in [0.15, 0.2) is 42.6 Å². The van der Waals surface area contributed by atoms with E-state index in [1.165, 1.54) is 13.2 Å². The molecule has 0 unspecified atom stereocenters. The molecule has 1 saturated heterocycles. The Morgan fingerprint density at radius 1 is 1.18 bits per heavy atom. The Morgan fingerprint density at radius 2 is 1.92 bits per heavy atom. The highest BCUT2D eigenvalue weighted by atomic mass is 19.4. The molecule has 0 spiro atoms. The number of β-amino-alcohol motifs (C(OH)–C–C–N with tert-alkyl or cyclic N) is 1. The van der Waals surface area contributed by atoms with Crippen LogP contribution in [-0.4, -0.2) is 76.8 Å². The van der Waals surface area contributed by atoms with Crippen molar-refractivity contribution < 1.29 is 37.7 Å². The minimum Gasteiger partial charge on any atom is -0.481 e. The first kappa shape index (κ1) is 27.8. The van der Waals surface area contributed by atoms with Crippen LogP contribution in [0.1, 0.15) is 47.2 Å². The van der Waals surface area contributed by atoms with E-state index in [0.717, 1.165) is 23.8 Å². The smallest absolute Gasteiger partial charge is 0.416 e. The number of ether oxygens (including phenoxy) is 1. The number of likely N-dealkylation sites (tertiary alicyclic amines) is 1. The van der Waals surface area contributed by atoms with Gasteiger partial charge in [0.05, 0.1) is 37.0 Å². The van der Waals surface area contributed by atoms with E-state index in [9.17, 15) is 33.0 Å². The second-order valence-electron chi connectivity index (χ2n) is 9.81. The van der Waals surface area contributed by atoms with Crippen LogP contribution in [0.25, 0.3) is 0 Å². The van der Waals surface area contributed by atoms with Gasteiger partial charge in [0.2, 0.25) is 11.8 Å². The van der Waals surface area contributed by atoms with E-state index in [1.54, 1.807) is 12.3 Å². The van der Waals surface area contributed by atoms with E-state index in [2.05, 4.69) is 20.5 Å². The molecule has 2 amide bonds. The molecule has 1 aliphatic heterocycles. The molecular weight excluding hydrogens is 505 g/mol. The zero-order valence-corrected chi connectivity index (χ0v) is 20.9. The van der Waals surface area contributed by atoms with Crippen molar-refractivity contribution >= 4 is 11.8 Å². The zero-order chi connectivity index (χ0) is 27.5. The first-order chi connectivity index (χ1) is 18.0. The van der Waals surface area contributed by atoms with E-state index in [1.807, 2.05) is 6.07 Å². The summed E-state index contributed by atoms with van der Waals surface area (Å²) in [7, 11) is 1.53. The number of pyridine rings is 1. The standard InChI is InChI=1S/C26H31F3N4O5/c1-38-23-6-5-18(12-30-23)25(37)9-7-19(8-10-25)33-14-20(21(34)15-33)32-22(35)13-31-24(36)16-3-2-4-17(11-16)26(27,28)29/h2-6,11-12,19-21,34,37H,7-10,13-15H2,1H3,(H,31,36)(H,32,35)/t19?,20-,21+,25?/m0/s1. The molecule has 1 aliphatic carbocycles. The Morgan fingerprint density at radius 3 is 2.55 bits per heavy atom. The van der Waals surface area contributed by atoms with E-state index in [4.69, 9.17) is 4.74 Å². The number of hydrogen-bond donors (Lipinski definition) is 4. The molecule has 206 valence electrons. The Balaban J connectivity index is 1.25. The van der Waals surface area contributed by atoms with Crippen LogP contribution in [0.4, 0.5) is 13.2 Å². The van der Waals surface area contributed by atoms with Crippen molar-refractivity contribution in [2.45, 2.75) is 55.6 Å². The van der Waals surface area contributed by atoms with Crippen LogP contribution in [0.3, 0.4) is 0 Å². The van der Waals surface area contributed by atoms with Crippen molar-refractivity contribution in [1.29, 1.82) is 0 Å². The lowest BCUT2D eigenvalue weighted by Gasteiger charge is -2.39. The third-order valence-corrected chi connectivity index (χ3v) is 7.31. The number of aliphatic hydroxyl groups is 2. The first-order valence-electron chi connectivity index (χ1n) is 12.4. The lowest BCUT2D eigenvalue weighted by Crippen LogP contribution is -2.47. The number of aromatic nitrogens is 1. The highest BCUT2D eigenvalue weighted by Gasteiger charge is 2.41. The van der Waals surface area contributed by atoms with Gasteiger partial charge in [0.15, 0.2) is 0 Å². The van der Waals surface area contributed by atoms with E-state index < -0.39 is 47.8 Å². The molecule has 2 atom stereocenters. The number of halogens is 3. The monoisotopic (exact) mass is 536 g/mol. The predicted molar refractivity (Wildman–Crippen MR) is 130 cm³/mol. The largest absolute Gasteiger partial charge is 0.481 e.